The Hall–Kier alpha value is -2.32. The fraction of sp³-hybridized carbons (Fsp3) is 0.200. The fourth-order valence-corrected chi connectivity index (χ4v) is 4.01. The number of aryl methyl sites for hydroxylation is 1. The number of nitrogens with zero attached hydrogens (tertiary/aromatic N) is 2. The van der Waals surface area contributed by atoms with E-state index in [-0.39, 0.29) is 23.1 Å². The Labute approximate surface area is 139 Å². The van der Waals surface area contributed by atoms with E-state index < -0.39 is 0 Å². The van der Waals surface area contributed by atoms with Crippen LogP contribution < -0.4 is 10.2 Å². The van der Waals surface area contributed by atoms with Gasteiger partial charge in [0.1, 0.15) is 6.54 Å². The van der Waals surface area contributed by atoms with Crippen molar-refractivity contribution in [3.8, 4) is 0 Å². The van der Waals surface area contributed by atoms with Crippen LogP contribution in [0.25, 0.3) is 10.2 Å². The van der Waals surface area contributed by atoms with E-state index in [9.17, 15) is 14.4 Å². The molecule has 0 aliphatic carbocycles. The zero-order chi connectivity index (χ0) is 16.6. The van der Waals surface area contributed by atoms with Gasteiger partial charge >= 0.3 is 4.87 Å². The third-order valence-corrected chi connectivity index (χ3v) is 5.37. The van der Waals surface area contributed by atoms with Crippen LogP contribution in [0.2, 0.25) is 0 Å². The van der Waals surface area contributed by atoms with Crippen LogP contribution in [0.3, 0.4) is 0 Å². The molecule has 0 unspecified atom stereocenters. The average molecular weight is 347 g/mol. The highest BCUT2D eigenvalue weighted by Crippen LogP contribution is 2.23. The van der Waals surface area contributed by atoms with Gasteiger partial charge in [-0.2, -0.15) is 0 Å². The number of carbonyl (C=O) groups is 2. The number of anilines is 1. The molecule has 0 saturated carbocycles. The second-order valence-corrected chi connectivity index (χ2v) is 6.95. The van der Waals surface area contributed by atoms with E-state index in [1.807, 2.05) is 24.3 Å². The Bertz CT molecular complexity index is 968. The van der Waals surface area contributed by atoms with Gasteiger partial charge in [0.2, 0.25) is 5.91 Å². The molecule has 0 radical (unpaired) electrons. The number of ketones is 1. The number of thiazole rings is 2. The fourth-order valence-electron chi connectivity index (χ4n) is 2.24. The SMILES string of the molecule is CC(=O)c1sc(NC(=O)Cn2c(=O)sc3ccccc32)nc1C. The predicted octanol–water partition coefficient (Wildman–Crippen LogP) is 2.67. The molecular weight excluding hydrogens is 334 g/mol. The first kappa shape index (κ1) is 15.6. The lowest BCUT2D eigenvalue weighted by molar-refractivity contribution is -0.116. The minimum atomic E-state index is -0.348. The summed E-state index contributed by atoms with van der Waals surface area (Å²) in [4.78, 5) is 40.1. The number of rotatable bonds is 4. The molecule has 0 spiro atoms. The second kappa shape index (κ2) is 6.05. The van der Waals surface area contributed by atoms with Crippen molar-refractivity contribution in [2.75, 3.05) is 5.32 Å². The Kier molecular flexibility index (Phi) is 4.10. The molecular formula is C15H13N3O3S2. The van der Waals surface area contributed by atoms with E-state index in [2.05, 4.69) is 10.3 Å². The van der Waals surface area contributed by atoms with E-state index in [0.717, 1.165) is 32.9 Å². The van der Waals surface area contributed by atoms with Crippen molar-refractivity contribution in [3.05, 3.63) is 44.5 Å². The van der Waals surface area contributed by atoms with Crippen LogP contribution in [-0.2, 0) is 11.3 Å². The molecule has 6 nitrogen and oxygen atoms in total. The van der Waals surface area contributed by atoms with Crippen molar-refractivity contribution in [1.29, 1.82) is 0 Å². The maximum absolute atomic E-state index is 12.2. The summed E-state index contributed by atoms with van der Waals surface area (Å²) in [7, 11) is 0. The van der Waals surface area contributed by atoms with E-state index in [1.165, 1.54) is 11.5 Å². The summed E-state index contributed by atoms with van der Waals surface area (Å²) in [6.45, 7) is 3.10. The maximum Gasteiger partial charge on any atom is 0.308 e. The molecule has 3 rings (SSSR count). The van der Waals surface area contributed by atoms with Gasteiger partial charge in [0.15, 0.2) is 10.9 Å². The first-order chi connectivity index (χ1) is 11.0. The smallest absolute Gasteiger partial charge is 0.300 e. The molecule has 1 aromatic carbocycles. The van der Waals surface area contributed by atoms with E-state index in [0.29, 0.717) is 15.7 Å². The standard InChI is InChI=1S/C15H13N3O3S2/c1-8-13(9(2)19)23-14(16-8)17-12(20)7-18-10-5-3-4-6-11(10)22-15(18)21/h3-6H,7H2,1-2H3,(H,16,17,20). The van der Waals surface area contributed by atoms with Crippen molar-refractivity contribution in [2.45, 2.75) is 20.4 Å². The first-order valence-electron chi connectivity index (χ1n) is 6.82. The topological polar surface area (TPSA) is 81.1 Å². The van der Waals surface area contributed by atoms with Gasteiger partial charge in [0.25, 0.3) is 0 Å². The van der Waals surface area contributed by atoms with Crippen molar-refractivity contribution < 1.29 is 9.59 Å². The second-order valence-electron chi connectivity index (χ2n) is 4.96. The highest BCUT2D eigenvalue weighted by Gasteiger charge is 2.15. The van der Waals surface area contributed by atoms with E-state index >= 15 is 0 Å². The zero-order valence-corrected chi connectivity index (χ0v) is 14.1. The summed E-state index contributed by atoms with van der Waals surface area (Å²) in [5.74, 6) is -0.431. The molecule has 3 aromatic rings. The minimum Gasteiger partial charge on any atom is -0.300 e. The van der Waals surface area contributed by atoms with Gasteiger partial charge in [0, 0.05) is 6.92 Å². The number of para-hydroxylation sites is 1. The summed E-state index contributed by atoms with van der Waals surface area (Å²) < 4.78 is 2.27. The van der Waals surface area contributed by atoms with Crippen molar-refractivity contribution >= 4 is 49.7 Å². The summed E-state index contributed by atoms with van der Waals surface area (Å²) >= 11 is 2.25. The average Bonchev–Trinajstić information content (AvgIpc) is 3.00. The third kappa shape index (κ3) is 3.08. The molecule has 0 saturated heterocycles. The zero-order valence-electron chi connectivity index (χ0n) is 12.5. The molecule has 1 amide bonds. The quantitative estimate of drug-likeness (QED) is 0.736. The van der Waals surface area contributed by atoms with Crippen LogP contribution >= 0.6 is 22.7 Å². The largest absolute Gasteiger partial charge is 0.308 e. The summed E-state index contributed by atoms with van der Waals surface area (Å²) in [5.41, 5.74) is 1.33. The van der Waals surface area contributed by atoms with Gasteiger partial charge in [-0.05, 0) is 19.1 Å². The van der Waals surface area contributed by atoms with Gasteiger partial charge in [-0.15, -0.1) is 0 Å². The first-order valence-corrected chi connectivity index (χ1v) is 8.45. The third-order valence-electron chi connectivity index (χ3n) is 3.24. The van der Waals surface area contributed by atoms with Gasteiger partial charge in [-0.25, -0.2) is 4.98 Å². The Balaban J connectivity index is 1.82. The Morgan fingerprint density at radius 1 is 1.26 bits per heavy atom. The van der Waals surface area contributed by atoms with Crippen LogP contribution in [0.1, 0.15) is 22.3 Å². The number of Topliss-reactive ketones (excluding diaryl/α,β-unsaturated/α-hetero) is 1. The number of fused-ring (bicyclic) bond motifs is 1. The number of carbonyl (C=O) groups excluding carboxylic acids is 2. The molecule has 0 aliphatic rings. The van der Waals surface area contributed by atoms with Gasteiger partial charge < -0.3 is 5.32 Å². The van der Waals surface area contributed by atoms with Crippen LogP contribution in [0.5, 0.6) is 0 Å². The number of amides is 1. The van der Waals surface area contributed by atoms with Crippen LogP contribution in [0.15, 0.2) is 29.1 Å². The Morgan fingerprint density at radius 2 is 2.00 bits per heavy atom. The van der Waals surface area contributed by atoms with Crippen LogP contribution in [0.4, 0.5) is 5.13 Å². The van der Waals surface area contributed by atoms with Gasteiger partial charge in [-0.1, -0.05) is 34.8 Å². The highest BCUT2D eigenvalue weighted by molar-refractivity contribution is 7.17. The molecule has 23 heavy (non-hydrogen) atoms. The summed E-state index contributed by atoms with van der Waals surface area (Å²) in [5, 5.41) is 3.02. The molecule has 118 valence electrons. The van der Waals surface area contributed by atoms with Gasteiger partial charge in [-0.3, -0.25) is 19.0 Å². The van der Waals surface area contributed by atoms with Crippen molar-refractivity contribution in [1.82, 2.24) is 9.55 Å². The minimum absolute atomic E-state index is 0.0828. The molecule has 2 aromatic heterocycles. The number of aromatic nitrogens is 2. The number of hydrogen-bond donors (Lipinski definition) is 1. The molecule has 0 aliphatic heterocycles. The number of benzene rings is 1. The summed E-state index contributed by atoms with van der Waals surface area (Å²) in [6.07, 6.45) is 0. The lowest BCUT2D eigenvalue weighted by Gasteiger charge is -2.03. The molecule has 0 bridgehead atoms. The number of hydrogen-bond acceptors (Lipinski definition) is 6. The van der Waals surface area contributed by atoms with Crippen LogP contribution in [0, 0.1) is 6.92 Å². The maximum atomic E-state index is 12.2. The molecule has 8 heteroatoms. The lowest BCUT2D eigenvalue weighted by Crippen LogP contribution is -2.24. The molecule has 0 fully saturated rings. The van der Waals surface area contributed by atoms with Crippen molar-refractivity contribution in [3.63, 3.8) is 0 Å². The highest BCUT2D eigenvalue weighted by atomic mass is 32.1. The monoisotopic (exact) mass is 347 g/mol. The van der Waals surface area contributed by atoms with E-state index in [1.54, 1.807) is 6.92 Å². The normalized spacial score (nSPS) is 10.9. The Morgan fingerprint density at radius 3 is 2.70 bits per heavy atom. The summed E-state index contributed by atoms with van der Waals surface area (Å²) in [6, 6.07) is 7.33. The van der Waals surface area contributed by atoms with Crippen molar-refractivity contribution in [2.24, 2.45) is 0 Å². The van der Waals surface area contributed by atoms with Gasteiger partial charge in [0.05, 0.1) is 20.8 Å². The molecule has 1 N–H and O–H groups in total. The lowest BCUT2D eigenvalue weighted by atomic mass is 10.3. The number of nitrogens with one attached hydrogen (secondary N) is 1. The molecule has 2 heterocycles. The molecule has 0 atom stereocenters. The van der Waals surface area contributed by atoms with Crippen LogP contribution in [-0.4, -0.2) is 21.2 Å². The predicted molar refractivity (Wildman–Crippen MR) is 91.6 cm³/mol. The van der Waals surface area contributed by atoms with E-state index in [4.69, 9.17) is 0 Å².